The Morgan fingerprint density at radius 3 is 2.91 bits per heavy atom. The number of nitrogens with zero attached hydrogens (tertiary/aromatic N) is 1. The third-order valence-electron chi connectivity index (χ3n) is 3.67. The van der Waals surface area contributed by atoms with Gasteiger partial charge in [0, 0.05) is 29.7 Å². The van der Waals surface area contributed by atoms with Gasteiger partial charge in [-0.3, -0.25) is 4.79 Å². The van der Waals surface area contributed by atoms with Crippen molar-refractivity contribution in [1.29, 1.82) is 0 Å². The molecule has 6 heteroatoms. The Bertz CT molecular complexity index is 660. The molecule has 1 atom stereocenters. The lowest BCUT2D eigenvalue weighted by Crippen LogP contribution is -2.32. The van der Waals surface area contributed by atoms with Crippen molar-refractivity contribution in [2.75, 3.05) is 18.8 Å². The average Bonchev–Trinajstić information content (AvgIpc) is 2.94. The Labute approximate surface area is 131 Å². The van der Waals surface area contributed by atoms with Gasteiger partial charge in [-0.15, -0.1) is 0 Å². The fourth-order valence-electron chi connectivity index (χ4n) is 2.54. The zero-order chi connectivity index (χ0) is 15.5. The van der Waals surface area contributed by atoms with Crippen LogP contribution in [-0.4, -0.2) is 29.6 Å². The molecule has 0 bridgehead atoms. The van der Waals surface area contributed by atoms with Crippen molar-refractivity contribution in [3.63, 3.8) is 0 Å². The van der Waals surface area contributed by atoms with Crippen LogP contribution in [0, 0.1) is 11.6 Å². The van der Waals surface area contributed by atoms with E-state index in [-0.39, 0.29) is 11.2 Å². The number of rotatable bonds is 2. The Morgan fingerprint density at radius 1 is 1.27 bits per heavy atom. The van der Waals surface area contributed by atoms with Crippen molar-refractivity contribution in [3.05, 3.63) is 59.6 Å². The molecule has 1 aromatic heterocycles. The molecule has 22 heavy (non-hydrogen) atoms. The number of hydrogen-bond donors (Lipinski definition) is 0. The van der Waals surface area contributed by atoms with Gasteiger partial charge in [-0.1, -0.05) is 0 Å². The Morgan fingerprint density at radius 2 is 2.14 bits per heavy atom. The second kappa shape index (κ2) is 6.52. The fourth-order valence-corrected chi connectivity index (χ4v) is 3.78. The first-order valence-corrected chi connectivity index (χ1v) is 8.09. The molecule has 1 saturated heterocycles. The number of furan rings is 1. The van der Waals surface area contributed by atoms with Crippen molar-refractivity contribution >= 4 is 17.7 Å². The van der Waals surface area contributed by atoms with Crippen molar-refractivity contribution in [2.24, 2.45) is 0 Å². The van der Waals surface area contributed by atoms with E-state index in [0.29, 0.717) is 36.6 Å². The van der Waals surface area contributed by atoms with Gasteiger partial charge in [-0.2, -0.15) is 11.8 Å². The van der Waals surface area contributed by atoms with Gasteiger partial charge in [0.25, 0.3) is 5.91 Å². The number of thioether (sulfide) groups is 1. The summed E-state index contributed by atoms with van der Waals surface area (Å²) >= 11 is 1.55. The summed E-state index contributed by atoms with van der Waals surface area (Å²) in [5.74, 6) is -0.0200. The minimum Gasteiger partial charge on any atom is -0.459 e. The number of benzene rings is 1. The molecule has 2 aromatic rings. The molecule has 3 rings (SSSR count). The molecule has 1 aliphatic heterocycles. The summed E-state index contributed by atoms with van der Waals surface area (Å²) < 4.78 is 32.4. The smallest absolute Gasteiger partial charge is 0.289 e. The van der Waals surface area contributed by atoms with Gasteiger partial charge < -0.3 is 9.32 Å². The summed E-state index contributed by atoms with van der Waals surface area (Å²) in [6, 6.07) is 6.82. The highest BCUT2D eigenvalue weighted by Crippen LogP contribution is 2.36. The lowest BCUT2D eigenvalue weighted by Gasteiger charge is -2.19. The largest absolute Gasteiger partial charge is 0.459 e. The summed E-state index contributed by atoms with van der Waals surface area (Å²) in [5.41, 5.74) is 0.372. The number of carbonyl (C=O) groups excluding carboxylic acids is 1. The molecule has 1 fully saturated rings. The zero-order valence-corrected chi connectivity index (χ0v) is 12.6. The number of carbonyl (C=O) groups is 1. The second-order valence-corrected chi connectivity index (χ2v) is 6.39. The maximum atomic E-state index is 13.9. The maximum absolute atomic E-state index is 13.9. The molecule has 1 amide bonds. The van der Waals surface area contributed by atoms with E-state index in [1.165, 1.54) is 12.3 Å². The van der Waals surface area contributed by atoms with Gasteiger partial charge in [0.15, 0.2) is 5.76 Å². The first kappa shape index (κ1) is 15.1. The Kier molecular flexibility index (Phi) is 4.47. The van der Waals surface area contributed by atoms with Crippen molar-refractivity contribution in [1.82, 2.24) is 4.90 Å². The van der Waals surface area contributed by atoms with Crippen molar-refractivity contribution in [2.45, 2.75) is 11.7 Å². The van der Waals surface area contributed by atoms with E-state index in [9.17, 15) is 13.6 Å². The van der Waals surface area contributed by atoms with Crippen LogP contribution in [0.2, 0.25) is 0 Å². The molecular weight excluding hydrogens is 308 g/mol. The third kappa shape index (κ3) is 3.16. The molecule has 1 aliphatic rings. The molecule has 0 unspecified atom stereocenters. The predicted octanol–water partition coefficient (Wildman–Crippen LogP) is 3.88. The quantitative estimate of drug-likeness (QED) is 0.841. The molecule has 1 aromatic carbocycles. The van der Waals surface area contributed by atoms with Crippen LogP contribution in [-0.2, 0) is 0 Å². The van der Waals surface area contributed by atoms with E-state index in [4.69, 9.17) is 4.42 Å². The first-order valence-electron chi connectivity index (χ1n) is 7.04. The standard InChI is InChI=1S/C16H15F2NO2S/c17-11-3-4-13(18)12(10-11)15-5-6-19(7-9-22-15)16(20)14-2-1-8-21-14/h1-4,8,10,15H,5-7,9H2/t15-/m1/s1. The molecule has 2 heterocycles. The van der Waals surface area contributed by atoms with Crippen LogP contribution < -0.4 is 0 Å². The summed E-state index contributed by atoms with van der Waals surface area (Å²) in [5, 5.41) is -0.148. The monoisotopic (exact) mass is 323 g/mol. The molecule has 0 aliphatic carbocycles. The minimum atomic E-state index is -0.440. The highest BCUT2D eigenvalue weighted by Gasteiger charge is 2.25. The molecule has 0 spiro atoms. The van der Waals surface area contributed by atoms with Crippen LogP contribution in [0.25, 0.3) is 0 Å². The van der Waals surface area contributed by atoms with Crippen LogP contribution in [0.4, 0.5) is 8.78 Å². The van der Waals surface area contributed by atoms with Gasteiger partial charge in [0.1, 0.15) is 11.6 Å². The normalized spacial score (nSPS) is 19.0. The summed E-state index contributed by atoms with van der Waals surface area (Å²) in [7, 11) is 0. The van der Waals surface area contributed by atoms with E-state index in [1.54, 1.807) is 28.8 Å². The van der Waals surface area contributed by atoms with Crippen LogP contribution >= 0.6 is 11.8 Å². The highest BCUT2D eigenvalue weighted by atomic mass is 32.2. The van der Waals surface area contributed by atoms with Gasteiger partial charge >= 0.3 is 0 Å². The van der Waals surface area contributed by atoms with Gasteiger partial charge in [0.05, 0.1) is 6.26 Å². The summed E-state index contributed by atoms with van der Waals surface area (Å²) in [6.45, 7) is 1.06. The van der Waals surface area contributed by atoms with Gasteiger partial charge in [-0.05, 0) is 36.8 Å². The maximum Gasteiger partial charge on any atom is 0.289 e. The highest BCUT2D eigenvalue weighted by molar-refractivity contribution is 7.99. The fraction of sp³-hybridized carbons (Fsp3) is 0.312. The number of halogens is 2. The summed E-state index contributed by atoms with van der Waals surface area (Å²) in [4.78, 5) is 14.0. The van der Waals surface area contributed by atoms with Crippen molar-refractivity contribution in [3.8, 4) is 0 Å². The van der Waals surface area contributed by atoms with E-state index in [2.05, 4.69) is 0 Å². The van der Waals surface area contributed by atoms with Crippen LogP contribution in [0.3, 0.4) is 0 Å². The van der Waals surface area contributed by atoms with Crippen LogP contribution in [0.5, 0.6) is 0 Å². The first-order chi connectivity index (χ1) is 10.6. The molecule has 0 saturated carbocycles. The lowest BCUT2D eigenvalue weighted by atomic mass is 10.1. The Balaban J connectivity index is 1.72. The molecule has 3 nitrogen and oxygen atoms in total. The van der Waals surface area contributed by atoms with E-state index in [1.807, 2.05) is 0 Å². The average molecular weight is 323 g/mol. The van der Waals surface area contributed by atoms with Gasteiger partial charge in [0.2, 0.25) is 0 Å². The second-order valence-electron chi connectivity index (χ2n) is 5.08. The van der Waals surface area contributed by atoms with E-state index in [0.717, 1.165) is 12.1 Å². The minimum absolute atomic E-state index is 0.148. The number of hydrogen-bond acceptors (Lipinski definition) is 3. The number of amides is 1. The Hall–Kier alpha value is -1.82. The van der Waals surface area contributed by atoms with Crippen LogP contribution in [0.1, 0.15) is 27.8 Å². The van der Waals surface area contributed by atoms with E-state index >= 15 is 0 Å². The van der Waals surface area contributed by atoms with Crippen molar-refractivity contribution < 1.29 is 18.0 Å². The topological polar surface area (TPSA) is 33.5 Å². The molecule has 116 valence electrons. The molecule has 0 radical (unpaired) electrons. The SMILES string of the molecule is O=C(c1ccco1)N1CCS[C@@H](c2cc(F)ccc2F)CC1. The summed E-state index contributed by atoms with van der Waals surface area (Å²) in [6.07, 6.45) is 2.04. The third-order valence-corrected chi connectivity index (χ3v) is 4.98. The van der Waals surface area contributed by atoms with E-state index < -0.39 is 11.6 Å². The molecule has 0 N–H and O–H groups in total. The van der Waals surface area contributed by atoms with Crippen LogP contribution in [0.15, 0.2) is 41.0 Å². The lowest BCUT2D eigenvalue weighted by molar-refractivity contribution is 0.0734. The van der Waals surface area contributed by atoms with Gasteiger partial charge in [-0.25, -0.2) is 8.78 Å². The molecular formula is C16H15F2NO2S. The zero-order valence-electron chi connectivity index (χ0n) is 11.8. The predicted molar refractivity (Wildman–Crippen MR) is 80.8 cm³/mol.